The van der Waals surface area contributed by atoms with Crippen LogP contribution in [0.3, 0.4) is 0 Å². The van der Waals surface area contributed by atoms with Crippen LogP contribution in [0.25, 0.3) is 0 Å². The van der Waals surface area contributed by atoms with Gasteiger partial charge < -0.3 is 58.3 Å². The summed E-state index contributed by atoms with van der Waals surface area (Å²) in [5.74, 6) is -7.01. The molecule has 6 aliphatic rings. The SMILES string of the molecule is COC1CCC(OC2CC([C@]3(C)CC[C@]4(CC(O)C(C)C(C(C)C=C(C)C(=O)C(C)CC(C)C(=O)O)O4)O3)O[C@]3(OC(C4O[C@@](O)(CO)C(C)CC4C)CC3C)C2C)OC1C. The van der Waals surface area contributed by atoms with Crippen LogP contribution in [-0.2, 0) is 47.5 Å². The zero-order chi connectivity index (χ0) is 45.0. The molecule has 6 heterocycles. The van der Waals surface area contributed by atoms with Crippen molar-refractivity contribution >= 4 is 11.8 Å². The van der Waals surface area contributed by atoms with E-state index in [1.54, 1.807) is 27.9 Å². The van der Waals surface area contributed by atoms with E-state index in [1.807, 2.05) is 33.8 Å². The number of methoxy groups -OCH3 is 1. The van der Waals surface area contributed by atoms with Crippen molar-refractivity contribution in [2.45, 2.75) is 212 Å². The number of hydrogen-bond donors (Lipinski definition) is 4. The maximum absolute atomic E-state index is 13.4. The van der Waals surface area contributed by atoms with Crippen molar-refractivity contribution in [3.05, 3.63) is 11.6 Å². The van der Waals surface area contributed by atoms with Gasteiger partial charge in [-0.05, 0) is 64.4 Å². The summed E-state index contributed by atoms with van der Waals surface area (Å²) in [6.45, 7) is 20.9. The third kappa shape index (κ3) is 9.71. The van der Waals surface area contributed by atoms with E-state index in [-0.39, 0.29) is 72.4 Å². The Kier molecular flexibility index (Phi) is 15.0. The van der Waals surface area contributed by atoms with E-state index in [2.05, 4.69) is 27.7 Å². The lowest BCUT2D eigenvalue weighted by molar-refractivity contribution is -0.390. The molecule has 0 aromatic heterocycles. The van der Waals surface area contributed by atoms with E-state index in [1.165, 1.54) is 0 Å². The molecule has 350 valence electrons. The second-order valence-electron chi connectivity index (χ2n) is 20.6. The van der Waals surface area contributed by atoms with Crippen LogP contribution in [0, 0.1) is 47.3 Å². The number of aliphatic hydroxyl groups is 3. The van der Waals surface area contributed by atoms with Crippen molar-refractivity contribution in [3.8, 4) is 0 Å². The average molecular weight is 867 g/mol. The lowest BCUT2D eigenvalue weighted by Crippen LogP contribution is -2.63. The molecule has 0 aromatic rings. The van der Waals surface area contributed by atoms with Crippen LogP contribution < -0.4 is 0 Å². The molecule has 2 spiro atoms. The molecule has 6 fully saturated rings. The number of aliphatic hydroxyl groups excluding tert-OH is 2. The van der Waals surface area contributed by atoms with Crippen molar-refractivity contribution in [2.75, 3.05) is 13.7 Å². The zero-order valence-corrected chi connectivity index (χ0v) is 38.8. The highest BCUT2D eigenvalue weighted by molar-refractivity contribution is 5.96. The third-order valence-corrected chi connectivity index (χ3v) is 15.9. The number of Topliss-reactive ketones (excluding diaryl/α,β-unsaturated/α-hetero) is 1. The Morgan fingerprint density at radius 1 is 0.902 bits per heavy atom. The highest BCUT2D eigenvalue weighted by Crippen LogP contribution is 2.56. The molecular formula is C47H78O14. The topological polar surface area (TPSA) is 189 Å². The summed E-state index contributed by atoms with van der Waals surface area (Å²) in [4.78, 5) is 24.8. The van der Waals surface area contributed by atoms with Crippen LogP contribution >= 0.6 is 0 Å². The molecular weight excluding hydrogens is 789 g/mol. The van der Waals surface area contributed by atoms with Gasteiger partial charge in [0, 0.05) is 68.3 Å². The third-order valence-electron chi connectivity index (χ3n) is 15.9. The smallest absolute Gasteiger partial charge is 0.306 e. The first-order chi connectivity index (χ1) is 28.5. The minimum absolute atomic E-state index is 0.0130. The fraction of sp³-hybridized carbons (Fsp3) is 0.915. The van der Waals surface area contributed by atoms with E-state index in [4.69, 9.17) is 37.9 Å². The molecule has 61 heavy (non-hydrogen) atoms. The number of hydrogen-bond acceptors (Lipinski definition) is 13. The molecule has 0 aromatic carbocycles. The fourth-order valence-electron chi connectivity index (χ4n) is 11.8. The molecule has 0 radical (unpaired) electrons. The predicted molar refractivity (Wildman–Crippen MR) is 224 cm³/mol. The van der Waals surface area contributed by atoms with Crippen LogP contribution in [0.2, 0.25) is 0 Å². The molecule has 14 nitrogen and oxygen atoms in total. The Hall–Kier alpha value is -1.56. The fourth-order valence-corrected chi connectivity index (χ4v) is 11.8. The van der Waals surface area contributed by atoms with E-state index < -0.39 is 84.2 Å². The van der Waals surface area contributed by atoms with Gasteiger partial charge >= 0.3 is 5.97 Å². The van der Waals surface area contributed by atoms with E-state index >= 15 is 0 Å². The van der Waals surface area contributed by atoms with Crippen molar-refractivity contribution in [3.63, 3.8) is 0 Å². The van der Waals surface area contributed by atoms with Gasteiger partial charge in [-0.3, -0.25) is 9.59 Å². The first-order valence-electron chi connectivity index (χ1n) is 23.2. The normalized spacial score (nSPS) is 48.6. The van der Waals surface area contributed by atoms with Gasteiger partial charge in [0.2, 0.25) is 0 Å². The predicted octanol–water partition coefficient (Wildman–Crippen LogP) is 6.15. The van der Waals surface area contributed by atoms with Gasteiger partial charge in [0.25, 0.3) is 0 Å². The second-order valence-corrected chi connectivity index (χ2v) is 20.6. The number of carboxylic acid groups (broad SMARTS) is 1. The summed E-state index contributed by atoms with van der Waals surface area (Å²) in [5.41, 5.74) is -0.326. The van der Waals surface area contributed by atoms with Gasteiger partial charge in [0.05, 0.1) is 67.0 Å². The summed E-state index contributed by atoms with van der Waals surface area (Å²) in [6, 6.07) is 0. The van der Waals surface area contributed by atoms with Crippen molar-refractivity contribution in [2.24, 2.45) is 47.3 Å². The Morgan fingerprint density at radius 3 is 2.25 bits per heavy atom. The number of carboxylic acids is 1. The average Bonchev–Trinajstić information content (AvgIpc) is 3.71. The maximum atomic E-state index is 13.4. The monoisotopic (exact) mass is 867 g/mol. The first kappa shape index (κ1) is 48.9. The number of carbonyl (C=O) groups is 2. The number of carbonyl (C=O) groups excluding carboxylic acids is 1. The second kappa shape index (κ2) is 18.7. The quantitative estimate of drug-likeness (QED) is 0.154. The standard InChI is InChI=1S/C47H78O14/c1-24(40(50)25(2)18-28(5)43(51)52)17-26(3)41-31(8)34(49)22-45(59-41)16-15-44(11,61-45)38-21-36(56-39-14-13-35(54-12)33(10)55-39)32(9)47(58-38)30(7)20-37(57-47)42-27(4)19-29(6)46(53,23-48)60-42/h17,25-39,41-42,48-49,53H,13-16,18-23H2,1-12H3,(H,51,52)/t25?,26?,27?,28?,29?,30?,31?,32?,33?,34?,35?,36?,37?,38?,39?,41?,42?,44-,45+,46-,47-/m0/s1. The van der Waals surface area contributed by atoms with Gasteiger partial charge in [0.15, 0.2) is 29.4 Å². The number of aliphatic carboxylic acids is 1. The number of ketones is 1. The molecule has 4 N–H and O–H groups in total. The Balaban J connectivity index is 1.24. The van der Waals surface area contributed by atoms with E-state index in [0.29, 0.717) is 44.1 Å². The lowest BCUT2D eigenvalue weighted by Gasteiger charge is -2.54. The minimum atomic E-state index is -1.66. The molecule has 6 rings (SSSR count). The highest BCUT2D eigenvalue weighted by Gasteiger charge is 2.65. The van der Waals surface area contributed by atoms with Gasteiger partial charge in [-0.25, -0.2) is 0 Å². The van der Waals surface area contributed by atoms with Crippen LogP contribution in [0.1, 0.15) is 134 Å². The van der Waals surface area contributed by atoms with Gasteiger partial charge in [-0.1, -0.05) is 61.5 Å². The highest BCUT2D eigenvalue weighted by atomic mass is 16.8. The van der Waals surface area contributed by atoms with Gasteiger partial charge in [0.1, 0.15) is 0 Å². The Bertz CT molecular complexity index is 1570. The first-order valence-corrected chi connectivity index (χ1v) is 23.2. The molecule has 14 heteroatoms. The summed E-state index contributed by atoms with van der Waals surface area (Å²) >= 11 is 0. The summed E-state index contributed by atoms with van der Waals surface area (Å²) in [6.07, 6.45) is 3.25. The lowest BCUT2D eigenvalue weighted by atomic mass is 9.76. The largest absolute Gasteiger partial charge is 0.481 e. The maximum Gasteiger partial charge on any atom is 0.306 e. The summed E-state index contributed by atoms with van der Waals surface area (Å²) in [5, 5.41) is 42.5. The van der Waals surface area contributed by atoms with Crippen LogP contribution in [0.5, 0.6) is 0 Å². The molecule has 0 saturated carbocycles. The number of rotatable bonds is 13. The van der Waals surface area contributed by atoms with Crippen molar-refractivity contribution in [1.82, 2.24) is 0 Å². The molecule has 21 atom stereocenters. The van der Waals surface area contributed by atoms with Crippen LogP contribution in [0.15, 0.2) is 11.6 Å². The summed E-state index contributed by atoms with van der Waals surface area (Å²) < 4.78 is 53.9. The van der Waals surface area contributed by atoms with E-state index in [9.17, 15) is 30.0 Å². The molecule has 6 aliphatic heterocycles. The molecule has 0 amide bonds. The van der Waals surface area contributed by atoms with Crippen molar-refractivity contribution < 1.29 is 67.9 Å². The number of allylic oxidation sites excluding steroid dienone is 1. The molecule has 17 unspecified atom stereocenters. The van der Waals surface area contributed by atoms with E-state index in [0.717, 1.165) is 6.42 Å². The molecule has 0 aliphatic carbocycles. The Morgan fingerprint density at radius 2 is 1.61 bits per heavy atom. The van der Waals surface area contributed by atoms with Crippen LogP contribution in [-0.4, -0.2) is 124 Å². The van der Waals surface area contributed by atoms with Gasteiger partial charge in [-0.2, -0.15) is 0 Å². The minimum Gasteiger partial charge on any atom is -0.481 e. The van der Waals surface area contributed by atoms with Gasteiger partial charge in [-0.15, -0.1) is 0 Å². The molecule has 0 bridgehead atoms. The van der Waals surface area contributed by atoms with Crippen molar-refractivity contribution in [1.29, 1.82) is 0 Å². The summed E-state index contributed by atoms with van der Waals surface area (Å²) in [7, 11) is 1.70. The molecule has 6 saturated heterocycles. The Labute approximate surface area is 363 Å². The number of ether oxygens (including phenoxy) is 8. The zero-order valence-electron chi connectivity index (χ0n) is 38.8. The van der Waals surface area contributed by atoms with Crippen LogP contribution in [0.4, 0.5) is 0 Å².